The summed E-state index contributed by atoms with van der Waals surface area (Å²) in [6.45, 7) is 17.0. The molecule has 3 aromatic rings. The number of nitrogens with one attached hydrogen (secondary N) is 2. The number of aromatic nitrogens is 4. The first-order valence-electron chi connectivity index (χ1n) is 18.1. The van der Waals surface area contributed by atoms with Crippen molar-refractivity contribution in [1.29, 1.82) is 0 Å². The minimum Gasteiger partial charge on any atom is -0.355 e. The van der Waals surface area contributed by atoms with Gasteiger partial charge in [0.25, 0.3) is 0 Å². The minimum absolute atomic E-state index is 0.374. The van der Waals surface area contributed by atoms with Crippen LogP contribution >= 0.6 is 0 Å². The maximum Gasteiger partial charge on any atom is 0.163 e. The number of hydrogen-bond acceptors (Lipinski definition) is 10. The Morgan fingerprint density at radius 3 is 0.846 bits per heavy atom. The Morgan fingerprint density at radius 1 is 0.423 bits per heavy atom. The third-order valence-corrected chi connectivity index (χ3v) is 10.2. The molecule has 9 rings (SSSR count). The van der Waals surface area contributed by atoms with Crippen LogP contribution in [0.5, 0.6) is 0 Å². The molecule has 6 aliphatic rings. The number of rotatable bonds is 4. The molecule has 0 aliphatic carbocycles. The van der Waals surface area contributed by atoms with Crippen LogP contribution in [0.2, 0.25) is 0 Å². The van der Waals surface area contributed by atoms with E-state index in [-0.39, 0.29) is 24.4 Å². The summed E-state index contributed by atoms with van der Waals surface area (Å²) in [5, 5.41) is 0. The SMILES string of the molecule is CC1(C)OC[C@@H](c2c3nc(c([C@H]4COC(C)(C)O4)c4ccc([nH]4)c([C@@H]4COC(C)(C)O4)c4nc(c([C@H]5COC(C)(C)O5)c5ccc2[nH]5)C=C4)C=C3)O1. The quantitative estimate of drug-likeness (QED) is 0.189. The summed E-state index contributed by atoms with van der Waals surface area (Å²) >= 11 is 0. The predicted molar refractivity (Wildman–Crippen MR) is 194 cm³/mol. The normalized spacial score (nSPS) is 28.3. The molecule has 0 spiro atoms. The van der Waals surface area contributed by atoms with E-state index in [9.17, 15) is 0 Å². The summed E-state index contributed by atoms with van der Waals surface area (Å²) in [5.41, 5.74) is 10.1. The second kappa shape index (κ2) is 11.9. The fourth-order valence-corrected chi connectivity index (χ4v) is 7.97. The summed E-state index contributed by atoms with van der Waals surface area (Å²) < 4.78 is 50.3. The van der Waals surface area contributed by atoms with E-state index in [1.165, 1.54) is 0 Å². The highest BCUT2D eigenvalue weighted by Crippen LogP contribution is 2.43. The van der Waals surface area contributed by atoms with Gasteiger partial charge in [0.2, 0.25) is 0 Å². The highest BCUT2D eigenvalue weighted by Gasteiger charge is 2.40. The van der Waals surface area contributed by atoms with Gasteiger partial charge >= 0.3 is 0 Å². The van der Waals surface area contributed by atoms with Gasteiger partial charge in [0.15, 0.2) is 23.1 Å². The molecule has 12 heteroatoms. The van der Waals surface area contributed by atoms with Crippen LogP contribution in [0.1, 0.15) is 125 Å². The lowest BCUT2D eigenvalue weighted by molar-refractivity contribution is -0.139. The van der Waals surface area contributed by atoms with E-state index < -0.39 is 23.1 Å². The fourth-order valence-electron chi connectivity index (χ4n) is 7.97. The molecular formula is C40H46N4O8. The van der Waals surface area contributed by atoms with Crippen LogP contribution in [-0.4, -0.2) is 69.5 Å². The maximum absolute atomic E-state index is 6.49. The van der Waals surface area contributed by atoms with Crippen LogP contribution in [0.25, 0.3) is 46.4 Å². The van der Waals surface area contributed by atoms with Crippen LogP contribution in [0.15, 0.2) is 24.3 Å². The first-order valence-corrected chi connectivity index (χ1v) is 18.1. The summed E-state index contributed by atoms with van der Waals surface area (Å²) in [5.74, 6) is -2.99. The average Bonchev–Trinajstić information content (AvgIpc) is 3.90. The van der Waals surface area contributed by atoms with E-state index in [2.05, 4.69) is 34.2 Å². The molecule has 2 N–H and O–H groups in total. The van der Waals surface area contributed by atoms with Gasteiger partial charge in [-0.2, -0.15) is 0 Å². The van der Waals surface area contributed by atoms with E-state index in [1.54, 1.807) is 0 Å². The van der Waals surface area contributed by atoms with Crippen LogP contribution in [0.4, 0.5) is 0 Å². The Kier molecular flexibility index (Phi) is 7.79. The van der Waals surface area contributed by atoms with Crippen molar-refractivity contribution in [2.75, 3.05) is 26.4 Å². The number of ether oxygens (including phenoxy) is 8. The molecule has 6 aliphatic heterocycles. The van der Waals surface area contributed by atoms with Gasteiger partial charge in [-0.1, -0.05) is 0 Å². The molecule has 4 saturated heterocycles. The third kappa shape index (κ3) is 6.14. The summed E-state index contributed by atoms with van der Waals surface area (Å²) in [6.07, 6.45) is 6.66. The van der Waals surface area contributed by atoms with Crippen LogP contribution in [-0.2, 0) is 37.9 Å². The van der Waals surface area contributed by atoms with Crippen molar-refractivity contribution in [2.24, 2.45) is 0 Å². The van der Waals surface area contributed by atoms with E-state index in [4.69, 9.17) is 47.9 Å². The summed E-state index contributed by atoms with van der Waals surface area (Å²) in [4.78, 5) is 18.0. The molecule has 52 heavy (non-hydrogen) atoms. The van der Waals surface area contributed by atoms with Gasteiger partial charge < -0.3 is 47.9 Å². The zero-order valence-corrected chi connectivity index (χ0v) is 30.9. The van der Waals surface area contributed by atoms with Crippen molar-refractivity contribution in [3.05, 3.63) is 69.3 Å². The monoisotopic (exact) mass is 710 g/mol. The van der Waals surface area contributed by atoms with Gasteiger partial charge in [-0.15, -0.1) is 0 Å². The third-order valence-electron chi connectivity index (χ3n) is 10.2. The Labute approximate surface area is 302 Å². The fraction of sp³-hybridized carbons (Fsp3) is 0.500. The molecule has 3 aromatic heterocycles. The Morgan fingerprint density at radius 2 is 0.654 bits per heavy atom. The van der Waals surface area contributed by atoms with Gasteiger partial charge in [-0.05, 0) is 104 Å². The first-order chi connectivity index (χ1) is 24.6. The molecule has 4 fully saturated rings. The largest absolute Gasteiger partial charge is 0.355 e. The zero-order valence-electron chi connectivity index (χ0n) is 30.9. The molecule has 0 saturated carbocycles. The van der Waals surface area contributed by atoms with E-state index in [1.807, 2.05) is 79.7 Å². The average molecular weight is 711 g/mol. The van der Waals surface area contributed by atoms with Crippen molar-refractivity contribution >= 4 is 46.4 Å². The van der Waals surface area contributed by atoms with E-state index in [0.717, 1.165) is 67.1 Å². The zero-order chi connectivity index (χ0) is 36.2. The summed E-state index contributed by atoms with van der Waals surface area (Å²) in [6, 6.07) is 8.27. The number of nitrogens with zero attached hydrogens (tertiary/aromatic N) is 2. The second-order valence-electron chi connectivity index (χ2n) is 15.9. The standard InChI is InChI=1S/C40H46N4O8/c1-37(2)45-17-29(49-37)33-21-9-11-23(41-21)34(30-18-46-38(3,4)50-30)25-13-15-27(43-25)36(32-20-48-40(7,8)52-32)28-16-14-26(44-28)35(24-12-10-22(33)42-24)31-19-47-39(5,6)51-31/h9-16,29-32,41,44H,17-20H2,1-8H3/t29-,30+,31+,32-. The number of fused-ring (bicyclic) bond motifs is 8. The summed E-state index contributed by atoms with van der Waals surface area (Å²) in [7, 11) is 0. The lowest BCUT2D eigenvalue weighted by Gasteiger charge is -2.18. The van der Waals surface area contributed by atoms with Gasteiger partial charge in [0, 0.05) is 44.3 Å². The molecule has 0 unspecified atom stereocenters. The van der Waals surface area contributed by atoms with Gasteiger partial charge in [0.05, 0.1) is 49.2 Å². The van der Waals surface area contributed by atoms with Crippen LogP contribution in [0.3, 0.4) is 0 Å². The van der Waals surface area contributed by atoms with Crippen molar-refractivity contribution in [2.45, 2.75) is 103 Å². The van der Waals surface area contributed by atoms with Crippen LogP contribution in [0, 0.1) is 0 Å². The van der Waals surface area contributed by atoms with Crippen molar-refractivity contribution in [1.82, 2.24) is 19.9 Å². The molecule has 0 radical (unpaired) electrons. The van der Waals surface area contributed by atoms with Gasteiger partial charge in [0.1, 0.15) is 24.4 Å². The van der Waals surface area contributed by atoms with Crippen molar-refractivity contribution in [3.63, 3.8) is 0 Å². The molecule has 274 valence electrons. The number of hydrogen-bond donors (Lipinski definition) is 2. The number of aromatic amines is 2. The van der Waals surface area contributed by atoms with Gasteiger partial charge in [-0.3, -0.25) is 0 Å². The van der Waals surface area contributed by atoms with E-state index >= 15 is 0 Å². The molecular weight excluding hydrogens is 664 g/mol. The van der Waals surface area contributed by atoms with Crippen molar-refractivity contribution < 1.29 is 37.9 Å². The molecule has 12 nitrogen and oxygen atoms in total. The highest BCUT2D eigenvalue weighted by molar-refractivity contribution is 5.84. The minimum atomic E-state index is -0.749. The lowest BCUT2D eigenvalue weighted by atomic mass is 10.1. The Balaban J connectivity index is 1.37. The molecule has 0 amide bonds. The topological polar surface area (TPSA) is 131 Å². The van der Waals surface area contributed by atoms with Gasteiger partial charge in [-0.25, -0.2) is 9.97 Å². The highest BCUT2D eigenvalue weighted by atomic mass is 16.8. The van der Waals surface area contributed by atoms with Crippen LogP contribution < -0.4 is 0 Å². The molecule has 4 atom stereocenters. The van der Waals surface area contributed by atoms with E-state index in [0.29, 0.717) is 26.4 Å². The molecule has 0 aromatic carbocycles. The molecule has 9 heterocycles. The van der Waals surface area contributed by atoms with Crippen molar-refractivity contribution in [3.8, 4) is 0 Å². The lowest BCUT2D eigenvalue weighted by Crippen LogP contribution is -2.20. The molecule has 8 bridgehead atoms. The Bertz CT molecular complexity index is 1880. The predicted octanol–water partition coefficient (Wildman–Crippen LogP) is 7.95. The first kappa shape index (κ1) is 34.1. The smallest absolute Gasteiger partial charge is 0.163 e. The number of H-pyrrole nitrogens is 2. The maximum atomic E-state index is 6.49. The Hall–Kier alpha value is -3.72. The second-order valence-corrected chi connectivity index (χ2v) is 15.9.